The Kier molecular flexibility index (Phi) is 4.24. The Morgan fingerprint density at radius 3 is 2.10 bits per heavy atom. The molecule has 2 aromatic rings. The van der Waals surface area contributed by atoms with E-state index >= 15 is 0 Å². The van der Waals surface area contributed by atoms with Crippen LogP contribution in [0.3, 0.4) is 0 Å². The highest BCUT2D eigenvalue weighted by Crippen LogP contribution is 2.41. The minimum atomic E-state index is -4.41. The van der Waals surface area contributed by atoms with E-state index in [4.69, 9.17) is 34.8 Å². The van der Waals surface area contributed by atoms with Crippen LogP contribution in [0.2, 0.25) is 15.1 Å². The highest BCUT2D eigenvalue weighted by atomic mass is 35.5. The Labute approximate surface area is 129 Å². The first-order valence-electron chi connectivity index (χ1n) is 5.54. The molecule has 0 nitrogen and oxygen atoms in total. The van der Waals surface area contributed by atoms with Gasteiger partial charge in [0.1, 0.15) is 0 Å². The third-order valence-electron chi connectivity index (χ3n) is 2.96. The van der Waals surface area contributed by atoms with E-state index in [9.17, 15) is 13.2 Å². The Morgan fingerprint density at radius 2 is 1.50 bits per heavy atom. The topological polar surface area (TPSA) is 0 Å². The maximum atomic E-state index is 12.9. The van der Waals surface area contributed by atoms with Crippen molar-refractivity contribution in [2.75, 3.05) is 0 Å². The maximum Gasteiger partial charge on any atom is 0.416 e. The second-order valence-corrected chi connectivity index (χ2v) is 5.36. The normalized spacial score (nSPS) is 11.8. The lowest BCUT2D eigenvalue weighted by molar-refractivity contribution is -0.138. The van der Waals surface area contributed by atoms with Crippen LogP contribution in [0.4, 0.5) is 13.2 Å². The second-order valence-electron chi connectivity index (χ2n) is 4.20. The summed E-state index contributed by atoms with van der Waals surface area (Å²) in [5.41, 5.74) is 0.200. The van der Waals surface area contributed by atoms with E-state index in [-0.39, 0.29) is 20.6 Å². The SMILES string of the molecule is Cc1c(-c2ccc(Cl)c(Cl)c2Cl)cccc1C(F)(F)F. The van der Waals surface area contributed by atoms with Gasteiger partial charge in [-0.05, 0) is 30.2 Å². The van der Waals surface area contributed by atoms with Gasteiger partial charge in [0.05, 0.1) is 20.6 Å². The molecule has 20 heavy (non-hydrogen) atoms. The van der Waals surface area contributed by atoms with Crippen molar-refractivity contribution in [2.24, 2.45) is 0 Å². The minimum Gasteiger partial charge on any atom is -0.166 e. The predicted octanol–water partition coefficient (Wildman–Crippen LogP) is 6.64. The molecule has 6 heteroatoms. The zero-order valence-electron chi connectivity index (χ0n) is 10.2. The molecule has 0 radical (unpaired) electrons. The van der Waals surface area contributed by atoms with Crippen LogP contribution in [0.25, 0.3) is 11.1 Å². The zero-order chi connectivity index (χ0) is 15.1. The van der Waals surface area contributed by atoms with Gasteiger partial charge in [0, 0.05) is 5.56 Å². The molecule has 2 aromatic carbocycles. The van der Waals surface area contributed by atoms with Crippen molar-refractivity contribution in [3.05, 3.63) is 56.5 Å². The van der Waals surface area contributed by atoms with Gasteiger partial charge in [-0.1, -0.05) is 53.0 Å². The number of benzene rings is 2. The second kappa shape index (κ2) is 5.47. The van der Waals surface area contributed by atoms with Gasteiger partial charge >= 0.3 is 6.18 Å². The summed E-state index contributed by atoms with van der Waals surface area (Å²) in [5, 5.41) is 0.522. The average Bonchev–Trinajstić information content (AvgIpc) is 2.36. The number of hydrogen-bond donors (Lipinski definition) is 0. The molecule has 106 valence electrons. The molecular formula is C14H8Cl3F3. The van der Waals surface area contributed by atoms with Crippen LogP contribution in [-0.2, 0) is 6.18 Å². The minimum absolute atomic E-state index is 0.0975. The predicted molar refractivity (Wildman–Crippen MR) is 76.6 cm³/mol. The van der Waals surface area contributed by atoms with Gasteiger partial charge in [0.25, 0.3) is 0 Å². The molecule has 0 aliphatic rings. The molecule has 0 aromatic heterocycles. The molecule has 0 aliphatic heterocycles. The molecule has 0 spiro atoms. The first-order valence-corrected chi connectivity index (χ1v) is 6.67. The van der Waals surface area contributed by atoms with Gasteiger partial charge in [0.15, 0.2) is 0 Å². The third kappa shape index (κ3) is 2.76. The van der Waals surface area contributed by atoms with Crippen molar-refractivity contribution in [3.63, 3.8) is 0 Å². The third-order valence-corrected chi connectivity index (χ3v) is 4.26. The van der Waals surface area contributed by atoms with Crippen molar-refractivity contribution < 1.29 is 13.2 Å². The number of hydrogen-bond acceptors (Lipinski definition) is 0. The number of halogens is 6. The fourth-order valence-corrected chi connectivity index (χ4v) is 2.61. The molecule has 2 rings (SSSR count). The molecule has 0 aliphatic carbocycles. The van der Waals surface area contributed by atoms with E-state index in [1.165, 1.54) is 19.1 Å². The Bertz CT molecular complexity index is 663. The van der Waals surface area contributed by atoms with E-state index in [0.717, 1.165) is 6.07 Å². The smallest absolute Gasteiger partial charge is 0.166 e. The molecule has 0 heterocycles. The van der Waals surface area contributed by atoms with Gasteiger partial charge in [0.2, 0.25) is 0 Å². The summed E-state index contributed by atoms with van der Waals surface area (Å²) in [5.74, 6) is 0. The average molecular weight is 340 g/mol. The molecule has 0 N–H and O–H groups in total. The Hall–Kier alpha value is -0.900. The lowest BCUT2D eigenvalue weighted by Gasteiger charge is -2.15. The van der Waals surface area contributed by atoms with Crippen molar-refractivity contribution in [2.45, 2.75) is 13.1 Å². The first-order chi connectivity index (χ1) is 9.23. The van der Waals surface area contributed by atoms with Crippen LogP contribution in [0.15, 0.2) is 30.3 Å². The van der Waals surface area contributed by atoms with Gasteiger partial charge in [-0.25, -0.2) is 0 Å². The van der Waals surface area contributed by atoms with Gasteiger partial charge in [-0.2, -0.15) is 13.2 Å². The van der Waals surface area contributed by atoms with Gasteiger partial charge < -0.3 is 0 Å². The maximum absolute atomic E-state index is 12.9. The van der Waals surface area contributed by atoms with Crippen LogP contribution in [0.5, 0.6) is 0 Å². The largest absolute Gasteiger partial charge is 0.416 e. The fourth-order valence-electron chi connectivity index (χ4n) is 1.97. The van der Waals surface area contributed by atoms with Crippen molar-refractivity contribution >= 4 is 34.8 Å². The van der Waals surface area contributed by atoms with Gasteiger partial charge in [-0.3, -0.25) is 0 Å². The molecule has 0 bridgehead atoms. The summed E-state index contributed by atoms with van der Waals surface area (Å²) in [6.45, 7) is 1.40. The van der Waals surface area contributed by atoms with E-state index in [2.05, 4.69) is 0 Å². The summed E-state index contributed by atoms with van der Waals surface area (Å²) in [6, 6.07) is 6.99. The number of rotatable bonds is 1. The van der Waals surface area contributed by atoms with Crippen LogP contribution >= 0.6 is 34.8 Å². The Morgan fingerprint density at radius 1 is 0.850 bits per heavy atom. The van der Waals surface area contributed by atoms with E-state index in [1.54, 1.807) is 12.1 Å². The van der Waals surface area contributed by atoms with E-state index in [0.29, 0.717) is 11.1 Å². The van der Waals surface area contributed by atoms with Gasteiger partial charge in [-0.15, -0.1) is 0 Å². The van der Waals surface area contributed by atoms with Crippen LogP contribution < -0.4 is 0 Å². The highest BCUT2D eigenvalue weighted by molar-refractivity contribution is 6.49. The molecule has 0 atom stereocenters. The number of alkyl halides is 3. The van der Waals surface area contributed by atoms with Crippen molar-refractivity contribution in [1.82, 2.24) is 0 Å². The lowest BCUT2D eigenvalue weighted by atomic mass is 9.96. The highest BCUT2D eigenvalue weighted by Gasteiger charge is 2.33. The monoisotopic (exact) mass is 338 g/mol. The standard InChI is InChI=1S/C14H8Cl3F3/c1-7-8(3-2-4-10(7)14(18,19)20)9-5-6-11(15)13(17)12(9)16/h2-6H,1H3. The lowest BCUT2D eigenvalue weighted by Crippen LogP contribution is -2.08. The van der Waals surface area contributed by atoms with Crippen LogP contribution in [-0.4, -0.2) is 0 Å². The summed E-state index contributed by atoms with van der Waals surface area (Å²) < 4.78 is 38.7. The summed E-state index contributed by atoms with van der Waals surface area (Å²) in [4.78, 5) is 0. The molecular weight excluding hydrogens is 332 g/mol. The quantitative estimate of drug-likeness (QED) is 0.511. The van der Waals surface area contributed by atoms with Crippen LogP contribution in [0.1, 0.15) is 11.1 Å². The summed E-state index contributed by atoms with van der Waals surface area (Å²) in [7, 11) is 0. The summed E-state index contributed by atoms with van der Waals surface area (Å²) >= 11 is 17.8. The molecule has 0 amide bonds. The van der Waals surface area contributed by atoms with E-state index in [1.807, 2.05) is 0 Å². The van der Waals surface area contributed by atoms with Crippen LogP contribution in [0, 0.1) is 6.92 Å². The molecule has 0 fully saturated rings. The molecule has 0 saturated heterocycles. The Balaban J connectivity index is 2.69. The molecule has 0 saturated carbocycles. The van der Waals surface area contributed by atoms with E-state index < -0.39 is 11.7 Å². The van der Waals surface area contributed by atoms with Crippen molar-refractivity contribution in [1.29, 1.82) is 0 Å². The zero-order valence-corrected chi connectivity index (χ0v) is 12.4. The molecule has 0 unspecified atom stereocenters. The summed E-state index contributed by atoms with van der Waals surface area (Å²) in [6.07, 6.45) is -4.41. The fraction of sp³-hybridized carbons (Fsp3) is 0.143. The first kappa shape index (κ1) is 15.5. The van der Waals surface area contributed by atoms with Crippen molar-refractivity contribution in [3.8, 4) is 11.1 Å².